The minimum Gasteiger partial charge on any atom is -0.449 e. The number of likely N-dealkylation sites (tertiary alicyclic amines) is 1. The van der Waals surface area contributed by atoms with Crippen molar-refractivity contribution in [1.82, 2.24) is 29.5 Å². The minimum atomic E-state index is -0.311. The first kappa shape index (κ1) is 29.4. The van der Waals surface area contributed by atoms with Crippen LogP contribution in [0.5, 0.6) is 0 Å². The number of aromatic nitrogens is 4. The molecule has 0 aliphatic carbocycles. The Bertz CT molecular complexity index is 1680. The number of carbonyl (C=O) groups is 2. The molecule has 1 saturated heterocycles. The fraction of sp³-hybridized carbons (Fsp3) is 0.424. The molecule has 4 aromatic rings. The Kier molecular flexibility index (Phi) is 8.36. The van der Waals surface area contributed by atoms with Crippen LogP contribution in [0.25, 0.3) is 11.0 Å². The molecule has 6 rings (SSSR count). The number of hydrogen-bond acceptors (Lipinski definition) is 8. The van der Waals surface area contributed by atoms with Crippen molar-refractivity contribution in [3.63, 3.8) is 0 Å². The maximum atomic E-state index is 13.4. The highest BCUT2D eigenvalue weighted by Gasteiger charge is 2.35. The smallest absolute Gasteiger partial charge is 0.409 e. The molecule has 0 saturated carbocycles. The summed E-state index contributed by atoms with van der Waals surface area (Å²) in [6, 6.07) is 12.4. The Morgan fingerprint density at radius 2 is 1.86 bits per heavy atom. The molecular formula is C33H40N8O3. The van der Waals surface area contributed by atoms with E-state index in [0.717, 1.165) is 52.7 Å². The van der Waals surface area contributed by atoms with E-state index in [9.17, 15) is 9.59 Å². The molecule has 2 amide bonds. The number of para-hydroxylation sites is 1. The van der Waals surface area contributed by atoms with Gasteiger partial charge >= 0.3 is 6.09 Å². The molecular weight excluding hydrogens is 556 g/mol. The van der Waals surface area contributed by atoms with Crippen molar-refractivity contribution >= 4 is 46.2 Å². The third-order valence-electron chi connectivity index (χ3n) is 8.61. The van der Waals surface area contributed by atoms with Crippen molar-refractivity contribution in [2.24, 2.45) is 13.0 Å². The third-order valence-corrected chi connectivity index (χ3v) is 8.61. The van der Waals surface area contributed by atoms with Crippen molar-refractivity contribution in [3.8, 4) is 0 Å². The lowest BCUT2D eigenvalue weighted by Crippen LogP contribution is -2.41. The molecule has 2 aliphatic heterocycles. The minimum absolute atomic E-state index is 0.105. The number of anilines is 4. The van der Waals surface area contributed by atoms with Gasteiger partial charge in [-0.15, -0.1) is 0 Å². The molecule has 11 nitrogen and oxygen atoms in total. The molecule has 0 bridgehead atoms. The van der Waals surface area contributed by atoms with Crippen LogP contribution in [-0.2, 0) is 29.5 Å². The molecule has 2 N–H and O–H groups in total. The van der Waals surface area contributed by atoms with Gasteiger partial charge in [-0.1, -0.05) is 37.6 Å². The molecule has 2 aromatic heterocycles. The number of nitrogens with one attached hydrogen (secondary N) is 2. The summed E-state index contributed by atoms with van der Waals surface area (Å²) >= 11 is 0. The first-order valence-electron chi connectivity index (χ1n) is 15.4. The van der Waals surface area contributed by atoms with Crippen LogP contribution in [0.2, 0.25) is 0 Å². The molecule has 0 spiro atoms. The highest BCUT2D eigenvalue weighted by Crippen LogP contribution is 2.30. The van der Waals surface area contributed by atoms with Gasteiger partial charge in [-0.3, -0.25) is 4.79 Å². The van der Waals surface area contributed by atoms with Gasteiger partial charge in [-0.2, -0.15) is 10.1 Å². The zero-order valence-corrected chi connectivity index (χ0v) is 25.9. The SMILES string of the molecule is CCCCOC(=O)N1CCC(C(=O)N2CCc3ccc(Nc4ncc5c(Nc6c(C)cccc6C)nn(C)c5n4)cc3C2)C1. The first-order chi connectivity index (χ1) is 21.3. The fourth-order valence-corrected chi connectivity index (χ4v) is 6.05. The monoisotopic (exact) mass is 596 g/mol. The number of unbranched alkanes of at least 4 members (excludes halogenated alkanes) is 1. The van der Waals surface area contributed by atoms with Crippen LogP contribution in [0, 0.1) is 19.8 Å². The average Bonchev–Trinajstić information content (AvgIpc) is 3.63. The molecule has 44 heavy (non-hydrogen) atoms. The van der Waals surface area contributed by atoms with Crippen LogP contribution in [0.1, 0.15) is 48.4 Å². The van der Waals surface area contributed by atoms with E-state index in [-0.39, 0.29) is 17.9 Å². The highest BCUT2D eigenvalue weighted by atomic mass is 16.6. The van der Waals surface area contributed by atoms with Crippen LogP contribution >= 0.6 is 0 Å². The molecule has 1 atom stereocenters. The summed E-state index contributed by atoms with van der Waals surface area (Å²) in [4.78, 5) is 38.7. The van der Waals surface area contributed by atoms with E-state index >= 15 is 0 Å². The Labute approximate surface area is 257 Å². The second-order valence-electron chi connectivity index (χ2n) is 11.8. The number of fused-ring (bicyclic) bond motifs is 2. The van der Waals surface area contributed by atoms with Gasteiger partial charge in [0.15, 0.2) is 11.5 Å². The number of aryl methyl sites for hydroxylation is 3. The Morgan fingerprint density at radius 3 is 2.66 bits per heavy atom. The fourth-order valence-electron chi connectivity index (χ4n) is 6.05. The summed E-state index contributed by atoms with van der Waals surface area (Å²) in [5.41, 5.74) is 7.22. The number of carbonyl (C=O) groups excluding carboxylic acids is 2. The second-order valence-corrected chi connectivity index (χ2v) is 11.8. The number of ether oxygens (including phenoxy) is 1. The summed E-state index contributed by atoms with van der Waals surface area (Å²) in [6.45, 7) is 8.83. The number of hydrogen-bond donors (Lipinski definition) is 2. The van der Waals surface area contributed by atoms with Crippen molar-refractivity contribution in [3.05, 3.63) is 64.8 Å². The van der Waals surface area contributed by atoms with Crippen molar-refractivity contribution in [2.45, 2.75) is 53.0 Å². The third kappa shape index (κ3) is 6.04. The molecule has 2 aromatic carbocycles. The standard InChI is InChI=1S/C33H40N8O3/c1-5-6-16-44-33(43)41-15-13-24(19-41)31(42)40-14-12-23-10-11-26(17-25(23)20-40)35-32-34-18-27-29(38-39(4)30(27)37-32)36-28-21(2)8-7-9-22(28)3/h7-11,17-18,24H,5-6,12-16,19-20H2,1-4H3,(H,36,38)(H,34,35,37). The lowest BCUT2D eigenvalue weighted by molar-refractivity contribution is -0.136. The molecule has 2 aliphatic rings. The van der Waals surface area contributed by atoms with Crippen LogP contribution in [0.3, 0.4) is 0 Å². The number of nitrogens with zero attached hydrogens (tertiary/aromatic N) is 6. The maximum absolute atomic E-state index is 13.4. The van der Waals surface area contributed by atoms with Gasteiger partial charge in [0, 0.05) is 50.8 Å². The van der Waals surface area contributed by atoms with Crippen molar-refractivity contribution in [2.75, 3.05) is 36.9 Å². The lowest BCUT2D eigenvalue weighted by atomic mass is 9.97. The van der Waals surface area contributed by atoms with E-state index in [2.05, 4.69) is 65.8 Å². The van der Waals surface area contributed by atoms with Crippen molar-refractivity contribution < 1.29 is 14.3 Å². The molecule has 230 valence electrons. The quantitative estimate of drug-likeness (QED) is 0.252. The Balaban J connectivity index is 1.12. The predicted octanol–water partition coefficient (Wildman–Crippen LogP) is 5.61. The molecule has 11 heteroatoms. The van der Waals surface area contributed by atoms with Crippen LogP contribution in [0.15, 0.2) is 42.6 Å². The van der Waals surface area contributed by atoms with E-state index in [4.69, 9.17) is 9.72 Å². The van der Waals surface area contributed by atoms with E-state index in [1.54, 1.807) is 15.8 Å². The largest absolute Gasteiger partial charge is 0.449 e. The summed E-state index contributed by atoms with van der Waals surface area (Å²) in [7, 11) is 1.87. The summed E-state index contributed by atoms with van der Waals surface area (Å²) in [5.74, 6) is 1.10. The lowest BCUT2D eigenvalue weighted by Gasteiger charge is -2.31. The average molecular weight is 597 g/mol. The van der Waals surface area contributed by atoms with E-state index in [1.165, 1.54) is 5.56 Å². The van der Waals surface area contributed by atoms with Crippen molar-refractivity contribution in [1.29, 1.82) is 0 Å². The predicted molar refractivity (Wildman–Crippen MR) is 170 cm³/mol. The molecule has 0 radical (unpaired) electrons. The van der Waals surface area contributed by atoms with Gasteiger partial charge in [-0.25, -0.2) is 14.5 Å². The van der Waals surface area contributed by atoms with Gasteiger partial charge in [0.05, 0.1) is 17.9 Å². The van der Waals surface area contributed by atoms with Gasteiger partial charge in [0.1, 0.15) is 0 Å². The number of benzene rings is 2. The molecule has 1 fully saturated rings. The number of amides is 2. The Hall–Kier alpha value is -4.67. The van der Waals surface area contributed by atoms with Gasteiger partial charge in [0.2, 0.25) is 11.9 Å². The van der Waals surface area contributed by atoms with Crippen LogP contribution in [-0.4, -0.2) is 67.8 Å². The molecule has 4 heterocycles. The van der Waals surface area contributed by atoms with Gasteiger partial charge in [-0.05, 0) is 67.5 Å². The normalized spacial score (nSPS) is 16.2. The Morgan fingerprint density at radius 1 is 1.05 bits per heavy atom. The second kappa shape index (κ2) is 12.5. The van der Waals surface area contributed by atoms with Crippen LogP contribution < -0.4 is 10.6 Å². The summed E-state index contributed by atoms with van der Waals surface area (Å²) in [5, 5.41) is 12.3. The zero-order valence-electron chi connectivity index (χ0n) is 25.9. The van der Waals surface area contributed by atoms with Gasteiger partial charge in [0.25, 0.3) is 0 Å². The first-order valence-corrected chi connectivity index (χ1v) is 15.4. The van der Waals surface area contributed by atoms with Crippen LogP contribution in [0.4, 0.5) is 27.9 Å². The molecule has 1 unspecified atom stereocenters. The van der Waals surface area contributed by atoms with E-state index in [0.29, 0.717) is 56.6 Å². The van der Waals surface area contributed by atoms with Gasteiger partial charge < -0.3 is 25.2 Å². The zero-order chi connectivity index (χ0) is 30.8. The summed E-state index contributed by atoms with van der Waals surface area (Å²) in [6.07, 6.45) is 4.77. The van der Waals surface area contributed by atoms with E-state index in [1.807, 2.05) is 24.1 Å². The number of rotatable bonds is 8. The highest BCUT2D eigenvalue weighted by molar-refractivity contribution is 5.90. The maximum Gasteiger partial charge on any atom is 0.409 e. The van der Waals surface area contributed by atoms with E-state index < -0.39 is 0 Å². The topological polar surface area (TPSA) is 118 Å². The summed E-state index contributed by atoms with van der Waals surface area (Å²) < 4.78 is 7.10.